The van der Waals surface area contributed by atoms with Gasteiger partial charge in [-0.3, -0.25) is 0 Å². The minimum atomic E-state index is -4.13. The van der Waals surface area contributed by atoms with E-state index in [0.717, 1.165) is 68.1 Å². The maximum absolute atomic E-state index is 12.6. The fraction of sp³-hybridized carbons (Fsp3) is 0.476. The number of fused-ring (bicyclic) bond motifs is 2. The third-order valence-electron chi connectivity index (χ3n) is 5.71. The molecule has 1 radical (unpaired) electrons. The number of rotatable bonds is 7. The number of urea groups is 1. The topological polar surface area (TPSA) is 116 Å². The molecule has 0 saturated heterocycles. The van der Waals surface area contributed by atoms with E-state index in [4.69, 9.17) is 0 Å². The van der Waals surface area contributed by atoms with Crippen LogP contribution in [0.5, 0.6) is 0 Å². The molecule has 2 aliphatic rings. The summed E-state index contributed by atoms with van der Waals surface area (Å²) in [5, 5.41) is 5.59. The Hall–Kier alpha value is -1.08. The first-order valence-corrected chi connectivity index (χ1v) is 12.0. The number of nitrogens with zero attached hydrogens (tertiary/aromatic N) is 3. The molecule has 0 unspecified atom stereocenters. The summed E-state index contributed by atoms with van der Waals surface area (Å²) in [4.78, 5) is 22.7. The van der Waals surface area contributed by atoms with Gasteiger partial charge in [-0.15, -0.1) is 0 Å². The van der Waals surface area contributed by atoms with Crippen molar-refractivity contribution in [2.45, 2.75) is 43.6 Å². The van der Waals surface area contributed by atoms with Crippen LogP contribution in [0.3, 0.4) is 0 Å². The van der Waals surface area contributed by atoms with Crippen molar-refractivity contribution in [3.05, 3.63) is 40.7 Å². The van der Waals surface area contributed by atoms with Crippen molar-refractivity contribution in [1.82, 2.24) is 19.6 Å². The van der Waals surface area contributed by atoms with Crippen LogP contribution >= 0.6 is 0 Å². The van der Waals surface area contributed by atoms with Gasteiger partial charge in [0.25, 0.3) is 10.0 Å². The molecular weight excluding hydrogens is 455 g/mol. The summed E-state index contributed by atoms with van der Waals surface area (Å²) in [6.45, 7) is 1.45. The van der Waals surface area contributed by atoms with Crippen LogP contribution in [0.1, 0.15) is 35.1 Å². The molecule has 11 heteroatoms. The van der Waals surface area contributed by atoms with E-state index in [0.29, 0.717) is 12.4 Å². The number of anilines is 2. The SMILES string of the molecule is CN(C)CCNc1cnc(S(=O)(=O)NC(=O)Nc2c3c(cc4c2CCC4)CCC3)cn1.[K]. The van der Waals surface area contributed by atoms with E-state index in [1.807, 2.05) is 19.0 Å². The van der Waals surface area contributed by atoms with Crippen LogP contribution in [0.15, 0.2) is 23.5 Å². The molecule has 0 aliphatic heterocycles. The van der Waals surface area contributed by atoms with Crippen molar-refractivity contribution < 1.29 is 13.2 Å². The Morgan fingerprint density at radius 3 is 2.25 bits per heavy atom. The number of aryl methyl sites for hydroxylation is 2. The molecule has 1 aromatic carbocycles. The van der Waals surface area contributed by atoms with Crippen LogP contribution < -0.4 is 15.4 Å². The Balaban J connectivity index is 0.00000289. The van der Waals surface area contributed by atoms with E-state index in [1.54, 1.807) is 0 Å². The molecule has 167 valence electrons. The number of aromatic nitrogens is 2. The smallest absolute Gasteiger partial charge is 0.333 e. The van der Waals surface area contributed by atoms with E-state index in [9.17, 15) is 13.2 Å². The molecule has 2 amide bonds. The van der Waals surface area contributed by atoms with Crippen molar-refractivity contribution in [3.63, 3.8) is 0 Å². The van der Waals surface area contributed by atoms with E-state index in [-0.39, 0.29) is 56.4 Å². The van der Waals surface area contributed by atoms with Gasteiger partial charge in [0.15, 0.2) is 5.03 Å². The van der Waals surface area contributed by atoms with Crippen LogP contribution in [-0.4, -0.2) is 108 Å². The Bertz CT molecular complexity index is 1060. The molecular formula is C21H28KN6O3S. The summed E-state index contributed by atoms with van der Waals surface area (Å²) in [6.07, 6.45) is 8.40. The summed E-state index contributed by atoms with van der Waals surface area (Å²) in [5.41, 5.74) is 5.60. The first-order valence-electron chi connectivity index (χ1n) is 10.5. The van der Waals surface area contributed by atoms with Crippen molar-refractivity contribution >= 4 is 78.9 Å². The number of likely N-dealkylation sites (N-methyl/N-ethyl adjacent to an activating group) is 1. The molecule has 0 saturated carbocycles. The van der Waals surface area contributed by atoms with E-state index < -0.39 is 16.1 Å². The molecule has 2 aliphatic carbocycles. The molecule has 0 spiro atoms. The quantitative estimate of drug-likeness (QED) is 0.512. The fourth-order valence-corrected chi connectivity index (χ4v) is 5.02. The zero-order valence-electron chi connectivity index (χ0n) is 18.9. The maximum atomic E-state index is 12.6. The number of nitrogens with one attached hydrogen (secondary N) is 3. The predicted octanol–water partition coefficient (Wildman–Crippen LogP) is 1.56. The van der Waals surface area contributed by atoms with Crippen molar-refractivity contribution in [3.8, 4) is 0 Å². The molecule has 9 nitrogen and oxygen atoms in total. The minimum Gasteiger partial charge on any atom is -0.368 e. The zero-order valence-corrected chi connectivity index (χ0v) is 22.8. The predicted molar refractivity (Wildman–Crippen MR) is 125 cm³/mol. The zero-order chi connectivity index (χ0) is 22.0. The fourth-order valence-electron chi connectivity index (χ4n) is 4.23. The van der Waals surface area contributed by atoms with Gasteiger partial charge in [0.05, 0.1) is 12.4 Å². The first-order chi connectivity index (χ1) is 14.8. The number of amides is 2. The standard InChI is InChI=1S/C21H28N6O3S.K/c1-27(2)10-9-22-18-12-24-19(13-23-18)31(29,30)26-21(28)25-20-16-7-3-5-14(16)11-15-6-4-8-17(15)20;/h11-13H,3-10H2,1-2H3,(H,22,23)(H2,25,26,28);. The number of hydrogen-bond acceptors (Lipinski definition) is 7. The maximum Gasteiger partial charge on any atom is 0.333 e. The van der Waals surface area contributed by atoms with Crippen molar-refractivity contribution in [2.75, 3.05) is 37.8 Å². The molecule has 3 N–H and O–H groups in total. The van der Waals surface area contributed by atoms with Gasteiger partial charge in [-0.1, -0.05) is 6.07 Å². The average molecular weight is 484 g/mol. The Morgan fingerprint density at radius 1 is 1.03 bits per heavy atom. The van der Waals surface area contributed by atoms with E-state index in [2.05, 4.69) is 31.4 Å². The third kappa shape index (κ3) is 5.88. The molecule has 0 fully saturated rings. The molecule has 0 atom stereocenters. The normalized spacial score (nSPS) is 14.5. The van der Waals surface area contributed by atoms with Crippen LogP contribution in [-0.2, 0) is 35.7 Å². The Labute approximate surface area is 231 Å². The molecule has 1 aromatic heterocycles. The van der Waals surface area contributed by atoms with E-state index in [1.165, 1.54) is 17.3 Å². The van der Waals surface area contributed by atoms with Gasteiger partial charge in [-0.05, 0) is 74.9 Å². The molecule has 0 bridgehead atoms. The van der Waals surface area contributed by atoms with Gasteiger partial charge < -0.3 is 15.5 Å². The average Bonchev–Trinajstić information content (AvgIpc) is 3.37. The molecule has 4 rings (SSSR count). The molecule has 2 aromatic rings. The van der Waals surface area contributed by atoms with Gasteiger partial charge in [-0.25, -0.2) is 19.5 Å². The summed E-state index contributed by atoms with van der Waals surface area (Å²) >= 11 is 0. The van der Waals surface area contributed by atoms with Gasteiger partial charge in [0.1, 0.15) is 5.82 Å². The van der Waals surface area contributed by atoms with Crippen molar-refractivity contribution in [2.24, 2.45) is 0 Å². The second-order valence-electron chi connectivity index (χ2n) is 8.26. The van der Waals surface area contributed by atoms with Crippen LogP contribution in [0.2, 0.25) is 0 Å². The second-order valence-corrected chi connectivity index (χ2v) is 9.89. The van der Waals surface area contributed by atoms with Gasteiger partial charge >= 0.3 is 6.03 Å². The summed E-state index contributed by atoms with van der Waals surface area (Å²) in [5.74, 6) is 0.473. The minimum absolute atomic E-state index is 0. The number of sulfonamides is 1. The van der Waals surface area contributed by atoms with Gasteiger partial charge in [0, 0.05) is 70.2 Å². The van der Waals surface area contributed by atoms with Crippen LogP contribution in [0.4, 0.5) is 16.3 Å². The van der Waals surface area contributed by atoms with Gasteiger partial charge in [-0.2, -0.15) is 8.42 Å². The second kappa shape index (κ2) is 10.9. The number of carbonyl (C=O) groups is 1. The van der Waals surface area contributed by atoms with E-state index >= 15 is 0 Å². The molecule has 32 heavy (non-hydrogen) atoms. The van der Waals surface area contributed by atoms with Crippen LogP contribution in [0, 0.1) is 0 Å². The summed E-state index contributed by atoms with van der Waals surface area (Å²) < 4.78 is 27.3. The van der Waals surface area contributed by atoms with Crippen molar-refractivity contribution in [1.29, 1.82) is 0 Å². The number of hydrogen-bond donors (Lipinski definition) is 3. The summed E-state index contributed by atoms with van der Waals surface area (Å²) in [7, 11) is -0.218. The van der Waals surface area contributed by atoms with Gasteiger partial charge in [0.2, 0.25) is 0 Å². The monoisotopic (exact) mass is 483 g/mol. The first kappa shape index (κ1) is 25.5. The number of benzene rings is 1. The van der Waals surface area contributed by atoms with Crippen LogP contribution in [0.25, 0.3) is 0 Å². The largest absolute Gasteiger partial charge is 0.368 e. The third-order valence-corrected chi connectivity index (χ3v) is 6.92. The molecule has 1 heterocycles. The Kier molecular flexibility index (Phi) is 8.69. The number of carbonyl (C=O) groups excluding carboxylic acids is 1. The summed E-state index contributed by atoms with van der Waals surface area (Å²) in [6, 6.07) is 1.48. The Morgan fingerprint density at radius 2 is 1.69 bits per heavy atom.